The first-order valence-electron chi connectivity index (χ1n) is 8.90. The molecule has 2 aromatic rings. The van der Waals surface area contributed by atoms with E-state index in [4.69, 9.17) is 5.26 Å². The number of nitriles is 1. The van der Waals surface area contributed by atoms with Gasteiger partial charge in [-0.2, -0.15) is 5.26 Å². The van der Waals surface area contributed by atoms with Gasteiger partial charge in [-0.1, -0.05) is 6.92 Å². The summed E-state index contributed by atoms with van der Waals surface area (Å²) < 4.78 is 25.3. The number of rotatable bonds is 5. The third-order valence-corrected chi connectivity index (χ3v) is 7.17. The number of thioether (sulfide) groups is 1. The molecule has 0 saturated carbocycles. The largest absolute Gasteiger partial charge is 0.326 e. The summed E-state index contributed by atoms with van der Waals surface area (Å²) in [6.45, 7) is 1.94. The van der Waals surface area contributed by atoms with Crippen LogP contribution in [-0.4, -0.2) is 31.2 Å². The third-order valence-electron chi connectivity index (χ3n) is 4.28. The Kier molecular flexibility index (Phi) is 6.25. The Morgan fingerprint density at radius 2 is 2.00 bits per heavy atom. The molecule has 0 radical (unpaired) electrons. The van der Waals surface area contributed by atoms with Crippen molar-refractivity contribution >= 4 is 44.8 Å². The molecule has 7 nitrogen and oxygen atoms in total. The maximum Gasteiger partial charge on any atom is 0.225 e. The Bertz CT molecular complexity index is 1090. The number of nitrogens with zero attached hydrogens (tertiary/aromatic N) is 1. The fourth-order valence-corrected chi connectivity index (χ4v) is 5.13. The molecule has 0 spiro atoms. The standard InChI is InChI=1S/C20H19N3O4S2/c1-13-10-20(25)23-17-11-16(6-7-18(17)28-13)29(26,27)9-8-19(24)22-15-4-2-14(12-21)3-5-15/h2-7,11,13H,8-10H2,1H3,(H,22,24)(H,23,25)/t13-/m1/s1. The van der Waals surface area contributed by atoms with Crippen LogP contribution < -0.4 is 10.6 Å². The topological polar surface area (TPSA) is 116 Å². The summed E-state index contributed by atoms with van der Waals surface area (Å²) in [7, 11) is -3.70. The number of carbonyl (C=O) groups excluding carboxylic acids is 2. The van der Waals surface area contributed by atoms with Crippen molar-refractivity contribution in [1.29, 1.82) is 5.26 Å². The zero-order valence-electron chi connectivity index (χ0n) is 15.6. The number of hydrogen-bond acceptors (Lipinski definition) is 6. The number of fused-ring (bicyclic) bond motifs is 1. The number of amides is 2. The van der Waals surface area contributed by atoms with Crippen molar-refractivity contribution in [2.24, 2.45) is 0 Å². The van der Waals surface area contributed by atoms with E-state index in [-0.39, 0.29) is 28.2 Å². The second-order valence-corrected chi connectivity index (χ2v) is 10.2. The minimum absolute atomic E-state index is 0.0675. The van der Waals surface area contributed by atoms with E-state index in [1.807, 2.05) is 13.0 Å². The van der Waals surface area contributed by atoms with Gasteiger partial charge in [0, 0.05) is 28.7 Å². The van der Waals surface area contributed by atoms with Gasteiger partial charge in [0.2, 0.25) is 11.8 Å². The predicted molar refractivity (Wildman–Crippen MR) is 111 cm³/mol. The smallest absolute Gasteiger partial charge is 0.225 e. The van der Waals surface area contributed by atoms with E-state index in [1.165, 1.54) is 23.9 Å². The van der Waals surface area contributed by atoms with Crippen molar-refractivity contribution < 1.29 is 18.0 Å². The van der Waals surface area contributed by atoms with Crippen LogP contribution in [0, 0.1) is 11.3 Å². The van der Waals surface area contributed by atoms with Crippen LogP contribution in [0.15, 0.2) is 52.3 Å². The van der Waals surface area contributed by atoms with Gasteiger partial charge in [0.1, 0.15) is 0 Å². The highest BCUT2D eigenvalue weighted by atomic mass is 32.2. The van der Waals surface area contributed by atoms with Crippen molar-refractivity contribution in [3.05, 3.63) is 48.0 Å². The molecule has 0 fully saturated rings. The molecule has 0 saturated heterocycles. The van der Waals surface area contributed by atoms with Crippen LogP contribution in [0.25, 0.3) is 0 Å². The van der Waals surface area contributed by atoms with Crippen molar-refractivity contribution in [3.8, 4) is 6.07 Å². The summed E-state index contributed by atoms with van der Waals surface area (Å²) in [5.74, 6) is -0.948. The van der Waals surface area contributed by atoms with E-state index < -0.39 is 15.7 Å². The van der Waals surface area contributed by atoms with Crippen molar-refractivity contribution in [2.45, 2.75) is 34.8 Å². The van der Waals surface area contributed by atoms with Crippen LogP contribution in [0.3, 0.4) is 0 Å². The first-order valence-corrected chi connectivity index (χ1v) is 11.4. The maximum atomic E-state index is 12.7. The van der Waals surface area contributed by atoms with Gasteiger partial charge in [-0.05, 0) is 42.5 Å². The van der Waals surface area contributed by atoms with Gasteiger partial charge in [-0.15, -0.1) is 11.8 Å². The Morgan fingerprint density at radius 3 is 2.69 bits per heavy atom. The van der Waals surface area contributed by atoms with Crippen molar-refractivity contribution in [1.82, 2.24) is 0 Å². The summed E-state index contributed by atoms with van der Waals surface area (Å²) >= 11 is 1.52. The summed E-state index contributed by atoms with van der Waals surface area (Å²) in [5, 5.41) is 14.2. The molecule has 1 aliphatic rings. The molecule has 0 aliphatic carbocycles. The molecular formula is C20H19N3O4S2. The number of sulfone groups is 1. The normalized spacial score (nSPS) is 16.1. The van der Waals surface area contributed by atoms with Gasteiger partial charge in [-0.25, -0.2) is 8.42 Å². The van der Waals surface area contributed by atoms with Gasteiger partial charge in [0.25, 0.3) is 0 Å². The molecular weight excluding hydrogens is 410 g/mol. The van der Waals surface area contributed by atoms with Crippen LogP contribution in [-0.2, 0) is 19.4 Å². The number of hydrogen-bond donors (Lipinski definition) is 2. The second-order valence-electron chi connectivity index (χ2n) is 6.64. The van der Waals surface area contributed by atoms with Crippen LogP contribution in [0.2, 0.25) is 0 Å². The maximum absolute atomic E-state index is 12.7. The average Bonchev–Trinajstić information content (AvgIpc) is 2.82. The van der Waals surface area contributed by atoms with Gasteiger partial charge < -0.3 is 10.6 Å². The summed E-state index contributed by atoms with van der Waals surface area (Å²) in [6, 6.07) is 12.9. The number of benzene rings is 2. The summed E-state index contributed by atoms with van der Waals surface area (Å²) in [6.07, 6.45) is 0.147. The zero-order chi connectivity index (χ0) is 21.0. The molecule has 0 unspecified atom stereocenters. The average molecular weight is 430 g/mol. The van der Waals surface area contributed by atoms with Crippen LogP contribution in [0.1, 0.15) is 25.3 Å². The van der Waals surface area contributed by atoms with Gasteiger partial charge >= 0.3 is 0 Å². The molecule has 0 bridgehead atoms. The zero-order valence-corrected chi connectivity index (χ0v) is 17.3. The molecule has 150 valence electrons. The lowest BCUT2D eigenvalue weighted by Crippen LogP contribution is -2.18. The van der Waals surface area contributed by atoms with E-state index >= 15 is 0 Å². The Balaban J connectivity index is 1.67. The molecule has 3 rings (SSSR count). The molecule has 2 N–H and O–H groups in total. The van der Waals surface area contributed by atoms with Gasteiger partial charge in [-0.3, -0.25) is 9.59 Å². The minimum Gasteiger partial charge on any atom is -0.326 e. The van der Waals surface area contributed by atoms with E-state index in [0.29, 0.717) is 23.4 Å². The summed E-state index contributed by atoms with van der Waals surface area (Å²) in [4.78, 5) is 24.9. The fraction of sp³-hybridized carbons (Fsp3) is 0.250. The van der Waals surface area contributed by atoms with Crippen LogP contribution >= 0.6 is 11.8 Å². The SMILES string of the molecule is C[C@@H]1CC(=O)Nc2cc(S(=O)(=O)CCC(=O)Nc3ccc(C#N)cc3)ccc2S1. The van der Waals surface area contributed by atoms with Crippen molar-refractivity contribution in [3.63, 3.8) is 0 Å². The first-order chi connectivity index (χ1) is 13.8. The van der Waals surface area contributed by atoms with E-state index in [1.54, 1.807) is 30.3 Å². The quantitative estimate of drug-likeness (QED) is 0.754. The third kappa shape index (κ3) is 5.37. The summed E-state index contributed by atoms with van der Waals surface area (Å²) in [5.41, 5.74) is 1.44. The Morgan fingerprint density at radius 1 is 1.28 bits per heavy atom. The second kappa shape index (κ2) is 8.68. The number of anilines is 2. The molecule has 2 amide bonds. The van der Waals surface area contributed by atoms with E-state index in [2.05, 4.69) is 10.6 Å². The molecule has 1 aliphatic heterocycles. The van der Waals surface area contributed by atoms with Crippen LogP contribution in [0.5, 0.6) is 0 Å². The highest BCUT2D eigenvalue weighted by Gasteiger charge is 2.22. The number of nitrogens with one attached hydrogen (secondary N) is 2. The molecule has 1 atom stereocenters. The molecule has 0 aromatic heterocycles. The highest BCUT2D eigenvalue weighted by molar-refractivity contribution is 8.00. The van der Waals surface area contributed by atoms with Crippen LogP contribution in [0.4, 0.5) is 11.4 Å². The lowest BCUT2D eigenvalue weighted by Gasteiger charge is -2.11. The van der Waals surface area contributed by atoms with E-state index in [0.717, 1.165) is 4.90 Å². The molecule has 9 heteroatoms. The number of carbonyl (C=O) groups is 2. The Labute approximate surface area is 173 Å². The molecule has 1 heterocycles. The first kappa shape index (κ1) is 20.9. The fourth-order valence-electron chi connectivity index (χ4n) is 2.82. The van der Waals surface area contributed by atoms with Gasteiger partial charge in [0.15, 0.2) is 9.84 Å². The molecule has 29 heavy (non-hydrogen) atoms. The molecule has 2 aromatic carbocycles. The monoisotopic (exact) mass is 429 g/mol. The lowest BCUT2D eigenvalue weighted by atomic mass is 10.2. The van der Waals surface area contributed by atoms with Gasteiger partial charge in [0.05, 0.1) is 28.0 Å². The lowest BCUT2D eigenvalue weighted by molar-refractivity contribution is -0.116. The van der Waals surface area contributed by atoms with Crippen molar-refractivity contribution in [2.75, 3.05) is 16.4 Å². The Hall–Kier alpha value is -2.83. The minimum atomic E-state index is -3.70. The highest BCUT2D eigenvalue weighted by Crippen LogP contribution is 2.36. The van der Waals surface area contributed by atoms with E-state index in [9.17, 15) is 18.0 Å². The predicted octanol–water partition coefficient (Wildman–Crippen LogP) is 3.18.